The normalized spacial score (nSPS) is 20.9. The Labute approximate surface area is 151 Å². The third-order valence-corrected chi connectivity index (χ3v) is 6.44. The molecule has 0 aromatic heterocycles. The van der Waals surface area contributed by atoms with E-state index in [0.29, 0.717) is 22.5 Å². The molecule has 2 unspecified atom stereocenters. The smallest absolute Gasteiger partial charge is 0.242 e. The van der Waals surface area contributed by atoms with Crippen LogP contribution in [0.5, 0.6) is 11.5 Å². The van der Waals surface area contributed by atoms with E-state index >= 15 is 0 Å². The van der Waals surface area contributed by atoms with Gasteiger partial charge in [-0.25, -0.2) is 13.1 Å². The summed E-state index contributed by atoms with van der Waals surface area (Å²) in [5.41, 5.74) is 5.71. The molecule has 0 spiro atoms. The van der Waals surface area contributed by atoms with E-state index in [9.17, 15) is 8.42 Å². The summed E-state index contributed by atoms with van der Waals surface area (Å²) in [6.07, 6.45) is 2.75. The lowest BCUT2D eigenvalue weighted by Gasteiger charge is -2.20. The van der Waals surface area contributed by atoms with Crippen LogP contribution in [0.4, 0.5) is 0 Å². The van der Waals surface area contributed by atoms with Gasteiger partial charge in [0.1, 0.15) is 4.90 Å². The molecule has 6 nitrogen and oxygen atoms in total. The van der Waals surface area contributed by atoms with Crippen molar-refractivity contribution >= 4 is 38.4 Å². The molecule has 23 heavy (non-hydrogen) atoms. The van der Waals surface area contributed by atoms with E-state index in [4.69, 9.17) is 15.2 Å². The van der Waals surface area contributed by atoms with Crippen molar-refractivity contribution < 1.29 is 17.9 Å². The summed E-state index contributed by atoms with van der Waals surface area (Å²) in [7, 11) is -0.693. The molecule has 0 bridgehead atoms. The van der Waals surface area contributed by atoms with Crippen molar-refractivity contribution in [2.24, 2.45) is 11.7 Å². The molecule has 132 valence electrons. The maximum Gasteiger partial charge on any atom is 0.242 e. The van der Waals surface area contributed by atoms with Crippen molar-refractivity contribution in [1.29, 1.82) is 0 Å². The highest BCUT2D eigenvalue weighted by Gasteiger charge is 2.31. The van der Waals surface area contributed by atoms with E-state index in [1.807, 2.05) is 0 Å². The van der Waals surface area contributed by atoms with Gasteiger partial charge in [0.2, 0.25) is 10.0 Å². The molecule has 1 aliphatic carbocycles. The second kappa shape index (κ2) is 8.53. The van der Waals surface area contributed by atoms with Crippen LogP contribution in [0.3, 0.4) is 0 Å². The zero-order valence-electron chi connectivity index (χ0n) is 13.0. The fourth-order valence-electron chi connectivity index (χ4n) is 2.78. The van der Waals surface area contributed by atoms with E-state index in [1.165, 1.54) is 20.3 Å². The quantitative estimate of drug-likeness (QED) is 0.724. The standard InChI is InChI=1S/C14H21BrN2O4S.ClH/c1-20-12-6-10(15)14(7-13(12)21-2)22(18,19)17-11-5-3-4-9(11)8-16;/h6-7,9,11,17H,3-5,8,16H2,1-2H3;1H. The molecule has 0 radical (unpaired) electrons. The van der Waals surface area contributed by atoms with Crippen molar-refractivity contribution in [3.63, 3.8) is 0 Å². The average Bonchev–Trinajstić information content (AvgIpc) is 2.92. The number of ether oxygens (including phenoxy) is 2. The lowest BCUT2D eigenvalue weighted by Crippen LogP contribution is -2.39. The Morgan fingerprint density at radius 3 is 2.43 bits per heavy atom. The number of sulfonamides is 1. The highest BCUT2D eigenvalue weighted by Crippen LogP contribution is 2.36. The maximum absolute atomic E-state index is 12.7. The van der Waals surface area contributed by atoms with Crippen LogP contribution in [-0.4, -0.2) is 35.2 Å². The fraction of sp³-hybridized carbons (Fsp3) is 0.571. The van der Waals surface area contributed by atoms with Gasteiger partial charge in [0.25, 0.3) is 0 Å². The second-order valence-corrected chi connectivity index (χ2v) is 7.83. The van der Waals surface area contributed by atoms with Gasteiger partial charge < -0.3 is 15.2 Å². The van der Waals surface area contributed by atoms with E-state index in [-0.39, 0.29) is 29.3 Å². The van der Waals surface area contributed by atoms with Crippen LogP contribution in [0.1, 0.15) is 19.3 Å². The fourth-order valence-corrected chi connectivity index (χ4v) is 5.15. The third-order valence-electron chi connectivity index (χ3n) is 4.00. The molecular weight excluding hydrogens is 408 g/mol. The molecule has 0 heterocycles. The van der Waals surface area contributed by atoms with Crippen molar-refractivity contribution in [1.82, 2.24) is 4.72 Å². The number of halogens is 2. The monoisotopic (exact) mass is 428 g/mol. The van der Waals surface area contributed by atoms with Gasteiger partial charge in [0.15, 0.2) is 11.5 Å². The summed E-state index contributed by atoms with van der Waals surface area (Å²) in [6.45, 7) is 0.486. The molecule has 0 saturated heterocycles. The summed E-state index contributed by atoms with van der Waals surface area (Å²) in [5.74, 6) is 1.02. The van der Waals surface area contributed by atoms with Gasteiger partial charge in [-0.3, -0.25) is 0 Å². The second-order valence-electron chi connectivity index (χ2n) is 5.29. The van der Waals surface area contributed by atoms with Crippen molar-refractivity contribution in [2.45, 2.75) is 30.2 Å². The SMILES string of the molecule is COc1cc(Br)c(S(=O)(=O)NC2CCCC2CN)cc1OC.Cl. The molecule has 1 aromatic carbocycles. The van der Waals surface area contributed by atoms with Crippen LogP contribution in [-0.2, 0) is 10.0 Å². The number of nitrogens with one attached hydrogen (secondary N) is 1. The Balaban J connectivity index is 0.00000264. The first-order chi connectivity index (χ1) is 10.4. The number of benzene rings is 1. The van der Waals surface area contributed by atoms with E-state index in [1.54, 1.807) is 6.07 Å². The number of hydrogen-bond donors (Lipinski definition) is 2. The average molecular weight is 430 g/mol. The Bertz CT molecular complexity index is 642. The minimum Gasteiger partial charge on any atom is -0.493 e. The molecule has 0 aliphatic heterocycles. The first kappa shape index (κ1) is 20.5. The van der Waals surface area contributed by atoms with Gasteiger partial charge in [0.05, 0.1) is 14.2 Å². The Morgan fingerprint density at radius 1 is 1.26 bits per heavy atom. The van der Waals surface area contributed by atoms with Gasteiger partial charge in [-0.05, 0) is 47.3 Å². The lowest BCUT2D eigenvalue weighted by atomic mass is 10.1. The molecule has 2 rings (SSSR count). The number of rotatable bonds is 6. The molecule has 9 heteroatoms. The molecular formula is C14H22BrClN2O4S. The zero-order valence-corrected chi connectivity index (χ0v) is 16.3. The van der Waals surface area contributed by atoms with Crippen molar-refractivity contribution in [2.75, 3.05) is 20.8 Å². The van der Waals surface area contributed by atoms with Crippen LogP contribution in [0.15, 0.2) is 21.5 Å². The lowest BCUT2D eigenvalue weighted by molar-refractivity contribution is 0.353. The molecule has 0 amide bonds. The van der Waals surface area contributed by atoms with Gasteiger partial charge in [-0.1, -0.05) is 6.42 Å². The number of hydrogen-bond acceptors (Lipinski definition) is 5. The van der Waals surface area contributed by atoms with Gasteiger partial charge in [-0.15, -0.1) is 12.4 Å². The minimum atomic E-state index is -3.66. The topological polar surface area (TPSA) is 90.7 Å². The third kappa shape index (κ3) is 4.51. The highest BCUT2D eigenvalue weighted by atomic mass is 79.9. The first-order valence-electron chi connectivity index (χ1n) is 7.07. The molecule has 1 fully saturated rings. The summed E-state index contributed by atoms with van der Waals surface area (Å²) >= 11 is 3.29. The summed E-state index contributed by atoms with van der Waals surface area (Å²) in [6, 6.07) is 2.93. The maximum atomic E-state index is 12.7. The zero-order chi connectivity index (χ0) is 16.3. The number of methoxy groups -OCH3 is 2. The molecule has 1 aromatic rings. The van der Waals surface area contributed by atoms with Crippen LogP contribution in [0.2, 0.25) is 0 Å². The molecule has 1 aliphatic rings. The van der Waals surface area contributed by atoms with Gasteiger partial charge >= 0.3 is 0 Å². The molecule has 2 atom stereocenters. The highest BCUT2D eigenvalue weighted by molar-refractivity contribution is 9.10. The van der Waals surface area contributed by atoms with Crippen molar-refractivity contribution in [3.05, 3.63) is 16.6 Å². The Hall–Kier alpha value is -0.540. The number of nitrogens with two attached hydrogens (primary N) is 1. The first-order valence-corrected chi connectivity index (χ1v) is 9.34. The van der Waals surface area contributed by atoms with Crippen LogP contribution in [0, 0.1) is 5.92 Å². The Kier molecular flexibility index (Phi) is 7.60. The largest absolute Gasteiger partial charge is 0.493 e. The summed E-state index contributed by atoms with van der Waals surface area (Å²) in [5, 5.41) is 0. The van der Waals surface area contributed by atoms with Gasteiger partial charge in [0, 0.05) is 16.6 Å². The van der Waals surface area contributed by atoms with E-state index in [0.717, 1.165) is 19.3 Å². The Morgan fingerprint density at radius 2 is 1.87 bits per heavy atom. The van der Waals surface area contributed by atoms with Gasteiger partial charge in [-0.2, -0.15) is 0 Å². The van der Waals surface area contributed by atoms with E-state index < -0.39 is 10.0 Å². The predicted molar refractivity (Wildman–Crippen MR) is 95.0 cm³/mol. The molecule has 1 saturated carbocycles. The van der Waals surface area contributed by atoms with E-state index in [2.05, 4.69) is 20.7 Å². The van der Waals surface area contributed by atoms with Crippen LogP contribution < -0.4 is 19.9 Å². The minimum absolute atomic E-state index is 0. The predicted octanol–water partition coefficient (Wildman–Crippen LogP) is 2.29. The van der Waals surface area contributed by atoms with Crippen LogP contribution in [0.25, 0.3) is 0 Å². The summed E-state index contributed by atoms with van der Waals surface area (Å²) < 4.78 is 38.9. The molecule has 3 N–H and O–H groups in total. The summed E-state index contributed by atoms with van der Waals surface area (Å²) in [4.78, 5) is 0.132. The van der Waals surface area contributed by atoms with Crippen molar-refractivity contribution in [3.8, 4) is 11.5 Å². The van der Waals surface area contributed by atoms with Crippen LogP contribution >= 0.6 is 28.3 Å².